The zero-order valence-corrected chi connectivity index (χ0v) is 19.6. The number of hydrogen-bond acceptors (Lipinski definition) is 6. The summed E-state index contributed by atoms with van der Waals surface area (Å²) in [6.45, 7) is 10.9. The lowest BCUT2D eigenvalue weighted by Gasteiger charge is -2.37. The molecule has 33 heavy (non-hydrogen) atoms. The molecule has 1 aromatic carbocycles. The van der Waals surface area contributed by atoms with E-state index in [1.165, 1.54) is 0 Å². The third-order valence-electron chi connectivity index (χ3n) is 5.63. The molecule has 0 radical (unpaired) electrons. The average molecular weight is 453 g/mol. The number of aromatic nitrogens is 2. The summed E-state index contributed by atoms with van der Waals surface area (Å²) in [5.74, 6) is -0.0943. The Kier molecular flexibility index (Phi) is 6.47. The molecule has 1 aliphatic rings. The van der Waals surface area contributed by atoms with Gasteiger partial charge in [-0.25, -0.2) is 4.39 Å². The normalized spacial score (nSPS) is 18.4. The van der Waals surface area contributed by atoms with Crippen LogP contribution in [0.4, 0.5) is 10.1 Å². The first-order valence-electron chi connectivity index (χ1n) is 11.1. The number of anilines is 1. The van der Waals surface area contributed by atoms with Crippen LogP contribution in [0.3, 0.4) is 0 Å². The number of benzene rings is 1. The summed E-state index contributed by atoms with van der Waals surface area (Å²) >= 11 is 0. The van der Waals surface area contributed by atoms with E-state index in [0.29, 0.717) is 24.5 Å². The van der Waals surface area contributed by atoms with Crippen LogP contribution in [0.2, 0.25) is 0 Å². The van der Waals surface area contributed by atoms with E-state index in [1.54, 1.807) is 19.1 Å². The van der Waals surface area contributed by atoms with E-state index in [9.17, 15) is 4.79 Å². The van der Waals surface area contributed by atoms with Gasteiger partial charge in [-0.3, -0.25) is 9.78 Å². The van der Waals surface area contributed by atoms with Crippen molar-refractivity contribution in [3.05, 3.63) is 64.6 Å². The predicted molar refractivity (Wildman–Crippen MR) is 124 cm³/mol. The molecular formula is C25H29FN4O3. The van der Waals surface area contributed by atoms with Gasteiger partial charge in [0.1, 0.15) is 11.6 Å². The average Bonchev–Trinajstić information content (AvgIpc) is 3.17. The van der Waals surface area contributed by atoms with Crippen LogP contribution in [0.15, 0.2) is 34.9 Å². The molecule has 1 saturated heterocycles. The maximum Gasteiger partial charge on any atom is 0.273 e. The molecule has 1 amide bonds. The van der Waals surface area contributed by atoms with Crippen LogP contribution >= 0.6 is 0 Å². The zero-order chi connectivity index (χ0) is 23.7. The summed E-state index contributed by atoms with van der Waals surface area (Å²) in [4.78, 5) is 19.0. The Morgan fingerprint density at radius 2 is 1.76 bits per heavy atom. The van der Waals surface area contributed by atoms with Gasteiger partial charge in [-0.1, -0.05) is 5.16 Å². The number of hydrogen-bond donors (Lipinski definition) is 1. The molecular weight excluding hydrogens is 423 g/mol. The van der Waals surface area contributed by atoms with E-state index in [4.69, 9.17) is 9.26 Å². The zero-order valence-electron chi connectivity index (χ0n) is 19.6. The van der Waals surface area contributed by atoms with Crippen LogP contribution in [-0.2, 0) is 11.3 Å². The number of amides is 1. The monoisotopic (exact) mass is 452 g/mol. The van der Waals surface area contributed by atoms with E-state index in [0.717, 1.165) is 28.1 Å². The number of ether oxygens (including phenoxy) is 1. The Hall–Kier alpha value is -3.26. The van der Waals surface area contributed by atoms with E-state index in [2.05, 4.69) is 15.5 Å². The summed E-state index contributed by atoms with van der Waals surface area (Å²) in [7, 11) is 0. The minimum atomic E-state index is -0.348. The Balaban J connectivity index is 1.72. The minimum Gasteiger partial charge on any atom is -0.372 e. The largest absolute Gasteiger partial charge is 0.372 e. The highest BCUT2D eigenvalue weighted by Gasteiger charge is 2.26. The molecule has 0 aliphatic carbocycles. The third-order valence-corrected chi connectivity index (χ3v) is 5.63. The number of rotatable bonds is 5. The lowest BCUT2D eigenvalue weighted by molar-refractivity contribution is -0.00539. The summed E-state index contributed by atoms with van der Waals surface area (Å²) < 4.78 is 26.2. The van der Waals surface area contributed by atoms with Gasteiger partial charge in [-0.15, -0.1) is 0 Å². The molecule has 2 aromatic heterocycles. The molecule has 0 unspecified atom stereocenters. The van der Waals surface area contributed by atoms with Crippen LogP contribution in [0.5, 0.6) is 0 Å². The van der Waals surface area contributed by atoms with Crippen molar-refractivity contribution < 1.29 is 18.4 Å². The molecule has 1 aliphatic heterocycles. The van der Waals surface area contributed by atoms with Gasteiger partial charge in [-0.2, -0.15) is 0 Å². The van der Waals surface area contributed by atoms with Crippen molar-refractivity contribution in [2.45, 2.75) is 53.4 Å². The fraction of sp³-hybridized carbons (Fsp3) is 0.400. The summed E-state index contributed by atoms with van der Waals surface area (Å²) in [5.41, 5.74) is 4.78. The molecule has 174 valence electrons. The predicted octanol–water partition coefficient (Wildman–Crippen LogP) is 4.34. The summed E-state index contributed by atoms with van der Waals surface area (Å²) in [6.07, 6.45) is -0.00578. The second-order valence-electron chi connectivity index (χ2n) is 8.77. The Morgan fingerprint density at radius 3 is 2.36 bits per heavy atom. The second kappa shape index (κ2) is 9.31. The van der Waals surface area contributed by atoms with E-state index < -0.39 is 0 Å². The Morgan fingerprint density at radius 1 is 1.09 bits per heavy atom. The third kappa shape index (κ3) is 5.22. The minimum absolute atomic E-state index is 0.00289. The fourth-order valence-corrected chi connectivity index (χ4v) is 4.37. The van der Waals surface area contributed by atoms with Crippen molar-refractivity contribution in [3.63, 3.8) is 0 Å². The number of nitrogens with zero attached hydrogens (tertiary/aromatic N) is 3. The molecule has 0 saturated carbocycles. The van der Waals surface area contributed by atoms with Crippen LogP contribution in [-0.4, -0.2) is 41.3 Å². The smallest absolute Gasteiger partial charge is 0.273 e. The van der Waals surface area contributed by atoms with Gasteiger partial charge in [0.2, 0.25) is 0 Å². The maximum atomic E-state index is 15.4. The van der Waals surface area contributed by atoms with Crippen LogP contribution in [0.25, 0.3) is 11.1 Å². The van der Waals surface area contributed by atoms with Gasteiger partial charge in [0.15, 0.2) is 5.69 Å². The molecule has 2 atom stereocenters. The van der Waals surface area contributed by atoms with Crippen LogP contribution in [0, 0.1) is 26.6 Å². The second-order valence-corrected chi connectivity index (χ2v) is 8.77. The number of nitrogens with one attached hydrogen (secondary N) is 1. The molecule has 1 N–H and O–H groups in total. The Bertz CT molecular complexity index is 1150. The number of pyridine rings is 1. The Labute approximate surface area is 192 Å². The van der Waals surface area contributed by atoms with Crippen molar-refractivity contribution in [1.29, 1.82) is 0 Å². The topological polar surface area (TPSA) is 80.5 Å². The maximum absolute atomic E-state index is 15.4. The van der Waals surface area contributed by atoms with Gasteiger partial charge in [0, 0.05) is 37.1 Å². The van der Waals surface area contributed by atoms with Crippen molar-refractivity contribution in [1.82, 2.24) is 15.5 Å². The van der Waals surface area contributed by atoms with Crippen molar-refractivity contribution >= 4 is 11.6 Å². The molecule has 4 rings (SSSR count). The van der Waals surface area contributed by atoms with Crippen LogP contribution < -0.4 is 10.2 Å². The van der Waals surface area contributed by atoms with Gasteiger partial charge in [-0.05, 0) is 75.6 Å². The van der Waals surface area contributed by atoms with E-state index in [1.807, 2.05) is 50.8 Å². The molecule has 0 spiro atoms. The number of halogens is 1. The number of carbonyl (C=O) groups is 1. The highest BCUT2D eigenvalue weighted by molar-refractivity contribution is 5.92. The molecule has 3 aromatic rings. The first-order chi connectivity index (χ1) is 15.7. The number of aryl methyl sites for hydroxylation is 3. The number of morpholine rings is 1. The van der Waals surface area contributed by atoms with Gasteiger partial charge < -0.3 is 19.5 Å². The molecule has 1 fully saturated rings. The van der Waals surface area contributed by atoms with E-state index >= 15 is 4.39 Å². The van der Waals surface area contributed by atoms with Gasteiger partial charge >= 0.3 is 0 Å². The van der Waals surface area contributed by atoms with Crippen molar-refractivity contribution in [2.24, 2.45) is 0 Å². The van der Waals surface area contributed by atoms with Crippen molar-refractivity contribution in [2.75, 3.05) is 18.0 Å². The first kappa shape index (κ1) is 22.9. The quantitative estimate of drug-likeness (QED) is 0.620. The fourth-order valence-electron chi connectivity index (χ4n) is 4.37. The van der Waals surface area contributed by atoms with E-state index in [-0.39, 0.29) is 36.2 Å². The molecule has 8 heteroatoms. The lowest BCUT2D eigenvalue weighted by atomic mass is 9.97. The standard InChI is InChI=1S/C25H29FN4O3/c1-14-6-19(7-15(2)28-14)21-10-22(26)24(30-12-17(4)32-18(5)13-30)9-20(21)11-27-25(31)23-8-16(3)33-29-23/h6-10,17-18H,11-13H2,1-5H3,(H,27,31)/t17-,18+. The highest BCUT2D eigenvalue weighted by Crippen LogP contribution is 2.33. The van der Waals surface area contributed by atoms with Gasteiger partial charge in [0.25, 0.3) is 5.91 Å². The SMILES string of the molecule is Cc1cc(-c2cc(F)c(N3C[C@@H](C)O[C@@H](C)C3)cc2CNC(=O)c2cc(C)on2)cc(C)n1. The van der Waals surface area contributed by atoms with Crippen LogP contribution in [0.1, 0.15) is 47.0 Å². The first-order valence-corrected chi connectivity index (χ1v) is 11.1. The molecule has 0 bridgehead atoms. The van der Waals surface area contributed by atoms with Crippen molar-refractivity contribution in [3.8, 4) is 11.1 Å². The van der Waals surface area contributed by atoms with Gasteiger partial charge in [0.05, 0.1) is 17.9 Å². The lowest BCUT2D eigenvalue weighted by Crippen LogP contribution is -2.45. The molecule has 3 heterocycles. The summed E-state index contributed by atoms with van der Waals surface area (Å²) in [5, 5.41) is 6.67. The molecule has 7 nitrogen and oxygen atoms in total. The number of carbonyl (C=O) groups excluding carboxylic acids is 1. The highest BCUT2D eigenvalue weighted by atomic mass is 19.1. The summed E-state index contributed by atoms with van der Waals surface area (Å²) in [6, 6.07) is 8.81.